The van der Waals surface area contributed by atoms with Gasteiger partial charge in [-0.15, -0.1) is 0 Å². The Labute approximate surface area is 335 Å². The average Bonchev–Trinajstić information content (AvgIpc) is 3.27. The molecule has 0 fully saturated rings. The summed E-state index contributed by atoms with van der Waals surface area (Å²) in [7, 11) is -0.648. The van der Waals surface area contributed by atoms with Crippen molar-refractivity contribution in [1.29, 1.82) is 0 Å². The molecule has 7 rings (SSSR count). The van der Waals surface area contributed by atoms with Crippen LogP contribution < -0.4 is 9.68 Å². The minimum atomic E-state index is -2.93. The number of benzene rings is 7. The maximum absolute atomic E-state index is 15.0. The Morgan fingerprint density at radius 1 is 0.311 bits per heavy atom. The summed E-state index contributed by atoms with van der Waals surface area (Å²) in [4.78, 5) is 0. The molecule has 0 saturated heterocycles. The molecule has 0 heterocycles. The third kappa shape index (κ3) is 7.86. The van der Waals surface area contributed by atoms with Crippen molar-refractivity contribution in [3.8, 4) is 39.1 Å². The Morgan fingerprint density at radius 2 is 0.590 bits per heavy atom. The molecule has 7 aromatic carbocycles. The van der Waals surface area contributed by atoms with E-state index in [-0.39, 0.29) is 12.1 Å². The molecule has 18 heteroatoms. The first-order chi connectivity index (χ1) is 29.0. The van der Waals surface area contributed by atoms with Crippen LogP contribution in [0.5, 0.6) is 5.75 Å². The van der Waals surface area contributed by atoms with Crippen molar-refractivity contribution in [3.05, 3.63) is 213 Å². The monoisotopic (exact) mass is 861 g/mol. The second kappa shape index (κ2) is 17.8. The van der Waals surface area contributed by atoms with Gasteiger partial charge in [0.05, 0.1) is 39.3 Å². The molecule has 0 aliphatic rings. The zero-order valence-corrected chi connectivity index (χ0v) is 29.9. The van der Waals surface area contributed by atoms with Gasteiger partial charge >= 0.3 is 0 Å². The van der Waals surface area contributed by atoms with Crippen LogP contribution in [0.3, 0.4) is 0 Å². The van der Waals surface area contributed by atoms with Crippen molar-refractivity contribution in [1.82, 2.24) is 0 Å². The summed E-state index contributed by atoms with van der Waals surface area (Å²) in [6.07, 6.45) is 0. The molecule has 0 spiro atoms. The molecule has 0 N–H and O–H groups in total. The van der Waals surface area contributed by atoms with Crippen LogP contribution >= 0.6 is 0 Å². The van der Waals surface area contributed by atoms with Crippen LogP contribution in [0.4, 0.5) is 65.9 Å². The molecule has 2 nitrogen and oxygen atoms in total. The van der Waals surface area contributed by atoms with Crippen LogP contribution in [-0.2, 0) is 0 Å². The lowest BCUT2D eigenvalue weighted by atomic mass is 9.85. The fourth-order valence-electron chi connectivity index (χ4n) is 6.25. The second-order valence-corrected chi connectivity index (χ2v) is 12.4. The van der Waals surface area contributed by atoms with Gasteiger partial charge < -0.3 is 9.68 Å². The molecule has 1 radical (unpaired) electrons. The van der Waals surface area contributed by atoms with E-state index in [9.17, 15) is 62.1 Å². The molecule has 0 bridgehead atoms. The molecule has 0 atom stereocenters. The first-order valence-electron chi connectivity index (χ1n) is 16.9. The zero-order valence-electron chi connectivity index (χ0n) is 29.9. The molecule has 61 heavy (non-hydrogen) atoms. The third-order valence-electron chi connectivity index (χ3n) is 8.93. The minimum absolute atomic E-state index is 0.0695. The highest BCUT2D eigenvalue weighted by Crippen LogP contribution is 2.51. The van der Waals surface area contributed by atoms with Gasteiger partial charge in [-0.2, -0.15) is 0 Å². The molecule has 0 aliphatic heterocycles. The van der Waals surface area contributed by atoms with Gasteiger partial charge in [-0.05, 0) is 90.5 Å². The van der Waals surface area contributed by atoms with E-state index in [4.69, 9.17) is 0 Å². The lowest BCUT2D eigenvalue weighted by Gasteiger charge is -2.23. The topological polar surface area (TPSA) is 32.3 Å². The predicted octanol–water partition coefficient (Wildman–Crippen LogP) is 11.8. The van der Waals surface area contributed by atoms with E-state index in [0.717, 1.165) is 0 Å². The summed E-state index contributed by atoms with van der Waals surface area (Å²) in [5.41, 5.74) is -9.18. The molecule has 7 aromatic rings. The van der Waals surface area contributed by atoms with Gasteiger partial charge in [0.1, 0.15) is 5.75 Å². The van der Waals surface area contributed by atoms with Crippen LogP contribution in [0.25, 0.3) is 33.4 Å². The summed E-state index contributed by atoms with van der Waals surface area (Å²) in [5, 5.41) is 11.0. The Kier molecular flexibility index (Phi) is 12.8. The quantitative estimate of drug-likeness (QED) is 0.0381. The summed E-state index contributed by atoms with van der Waals surface area (Å²) in [5.74, 6) is -43.1. The highest BCUT2D eigenvalue weighted by molar-refractivity contribution is 6.16. The summed E-state index contributed by atoms with van der Waals surface area (Å²) < 4.78 is 220. The van der Waals surface area contributed by atoms with Gasteiger partial charge in [0.2, 0.25) is 25.1 Å². The van der Waals surface area contributed by atoms with E-state index in [1.54, 1.807) is 0 Å². The molecular formula is C43H17BF15O2. The second-order valence-electron chi connectivity index (χ2n) is 12.4. The van der Waals surface area contributed by atoms with Gasteiger partial charge in [-0.1, -0.05) is 18.2 Å². The Bertz CT molecular complexity index is 2590. The smallest absolute Gasteiger partial charge is 0.244 e. The molecular weight excluding hydrogens is 844 g/mol. The number of rotatable bonds is 8. The van der Waals surface area contributed by atoms with E-state index >= 15 is 8.78 Å². The van der Waals surface area contributed by atoms with Crippen LogP contribution in [-0.4, -0.2) is 7.69 Å². The van der Waals surface area contributed by atoms with Crippen LogP contribution in [0.1, 0.15) is 16.7 Å². The lowest BCUT2D eigenvalue weighted by Crippen LogP contribution is -2.19. The SMILES string of the molecule is [O-][B]Oc1ccc(-c2c(F)c(F)c(F)c(F)c2F)c(-c2c(F)c(F)c(F)c(F)c2F)c1-c1c(F)c(F)c(F)c(F)c1F.c1ccc([C+](c2ccccc2)c2ccccc2)cc1. The fourth-order valence-corrected chi connectivity index (χ4v) is 6.25. The summed E-state index contributed by atoms with van der Waals surface area (Å²) in [6.45, 7) is 0. The molecule has 0 amide bonds. The van der Waals surface area contributed by atoms with Crippen molar-refractivity contribution >= 4 is 7.69 Å². The van der Waals surface area contributed by atoms with Gasteiger partial charge in [0.15, 0.2) is 69.8 Å². The Balaban J connectivity index is 0.000000270. The maximum Gasteiger partial charge on any atom is 0.244 e. The predicted molar refractivity (Wildman–Crippen MR) is 188 cm³/mol. The van der Waals surface area contributed by atoms with Gasteiger partial charge in [-0.3, -0.25) is 0 Å². The molecule has 0 unspecified atom stereocenters. The highest BCUT2D eigenvalue weighted by atomic mass is 19.2. The van der Waals surface area contributed by atoms with Gasteiger partial charge in [0, 0.05) is 11.1 Å². The molecule has 0 aliphatic carbocycles. The van der Waals surface area contributed by atoms with Gasteiger partial charge in [0.25, 0.3) is 0 Å². The van der Waals surface area contributed by atoms with E-state index in [1.807, 2.05) is 0 Å². The highest BCUT2D eigenvalue weighted by Gasteiger charge is 2.37. The first-order valence-corrected chi connectivity index (χ1v) is 16.9. The van der Waals surface area contributed by atoms with Crippen LogP contribution in [0, 0.1) is 93.2 Å². The standard InChI is InChI=1S/C24H2BF15O2.C19H15/c26-10-6(11(27)17(33)22(38)16(10)32)3-1-2-4(42-25-41)7(9-14(30)20(36)24(40)21(37)15(9)31)5(3)8-12(28)18(34)23(39)19(35)13(8)29;1-4-10-16(11-5-1)19(17-12-6-2-7-13-17)18-14-8-3-9-15-18/h1-2H;1-15H/q-1;+1. The minimum Gasteiger partial charge on any atom is -0.850 e. The maximum atomic E-state index is 15.0. The van der Waals surface area contributed by atoms with E-state index < -0.39 is 134 Å². The Morgan fingerprint density at radius 3 is 0.902 bits per heavy atom. The molecule has 0 aromatic heterocycles. The van der Waals surface area contributed by atoms with Crippen molar-refractivity contribution in [2.24, 2.45) is 0 Å². The average molecular weight is 861 g/mol. The van der Waals surface area contributed by atoms with Crippen LogP contribution in [0.2, 0.25) is 0 Å². The van der Waals surface area contributed by atoms with Crippen molar-refractivity contribution < 1.29 is 75.5 Å². The van der Waals surface area contributed by atoms with Crippen LogP contribution in [0.15, 0.2) is 103 Å². The summed E-state index contributed by atoms with van der Waals surface area (Å²) in [6, 6.07) is 31.9. The van der Waals surface area contributed by atoms with E-state index in [0.29, 0.717) is 0 Å². The van der Waals surface area contributed by atoms with Crippen molar-refractivity contribution in [2.75, 3.05) is 0 Å². The van der Waals surface area contributed by atoms with E-state index in [1.165, 1.54) is 22.6 Å². The Hall–Kier alpha value is -6.82. The number of hydrogen-bond donors (Lipinski definition) is 0. The molecule has 309 valence electrons. The summed E-state index contributed by atoms with van der Waals surface area (Å²) >= 11 is 0. The fraction of sp³-hybridized carbons (Fsp3) is 0. The lowest BCUT2D eigenvalue weighted by molar-refractivity contribution is -0.198. The van der Waals surface area contributed by atoms with Crippen molar-refractivity contribution in [2.45, 2.75) is 0 Å². The number of hydrogen-bond acceptors (Lipinski definition) is 2. The third-order valence-corrected chi connectivity index (χ3v) is 8.93. The number of halogens is 15. The molecule has 0 saturated carbocycles. The first kappa shape index (κ1) is 43.8. The van der Waals surface area contributed by atoms with E-state index in [2.05, 4.69) is 95.6 Å². The normalized spacial score (nSPS) is 11.0. The zero-order chi connectivity index (χ0) is 44.4. The largest absolute Gasteiger partial charge is 0.850 e. The van der Waals surface area contributed by atoms with Crippen molar-refractivity contribution in [3.63, 3.8) is 0 Å². The van der Waals surface area contributed by atoms with Gasteiger partial charge in [-0.25, -0.2) is 65.9 Å².